The van der Waals surface area contributed by atoms with Gasteiger partial charge in [-0.15, -0.1) is 0 Å². The summed E-state index contributed by atoms with van der Waals surface area (Å²) in [6, 6.07) is 18.5. The van der Waals surface area contributed by atoms with E-state index in [1.165, 1.54) is 14.2 Å². The third kappa shape index (κ3) is 9.85. The maximum absolute atomic E-state index is 13.2. The fourth-order valence-corrected chi connectivity index (χ4v) is 6.84. The van der Waals surface area contributed by atoms with Gasteiger partial charge in [0, 0.05) is 32.7 Å². The summed E-state index contributed by atoms with van der Waals surface area (Å²) in [5, 5.41) is 13.7. The Morgan fingerprint density at radius 2 is 1.60 bits per heavy atom. The summed E-state index contributed by atoms with van der Waals surface area (Å²) < 4.78 is 36.4. The van der Waals surface area contributed by atoms with Gasteiger partial charge < -0.3 is 38.5 Å². The first-order valence-corrected chi connectivity index (χ1v) is 19.2. The number of aliphatic hydroxyl groups excluding tert-OH is 1. The van der Waals surface area contributed by atoms with Gasteiger partial charge in [-0.1, -0.05) is 81.4 Å². The number of methoxy groups -OCH3 is 2. The monoisotopic (exact) mass is 672 g/mol. The standard InChI is InChI=1S/C35H52N2O9Si/c1-35(2,3)47(6,7)45-23-29-27(19-37-18-26(28(38)20-37)32(39)41-4)31(43-21-24-14-10-8-11-15-24)30(33(42-5)46-29)36-34(40)44-22-25-16-12-9-13-17-25/h8-17,26-31,33,38H,18-23H2,1-7H3,(H,36,40)/t26-,27+,28-,29+,30+,31-,33-/m0/s1. The lowest BCUT2D eigenvalue weighted by molar-refractivity contribution is -0.258. The van der Waals surface area contributed by atoms with Crippen LogP contribution in [0.2, 0.25) is 18.1 Å². The number of likely N-dealkylation sites (tertiary alicyclic amines) is 1. The second-order valence-electron chi connectivity index (χ2n) is 13.9. The number of hydrogen-bond acceptors (Lipinski definition) is 10. The molecule has 0 spiro atoms. The van der Waals surface area contributed by atoms with Crippen LogP contribution in [0.15, 0.2) is 60.7 Å². The Labute approximate surface area is 279 Å². The molecule has 7 atom stereocenters. The number of benzene rings is 2. The fourth-order valence-electron chi connectivity index (χ4n) is 5.83. The van der Waals surface area contributed by atoms with E-state index in [2.05, 4.69) is 39.2 Å². The van der Waals surface area contributed by atoms with Crippen LogP contribution in [0.4, 0.5) is 4.79 Å². The molecule has 2 aromatic rings. The van der Waals surface area contributed by atoms with E-state index in [4.69, 9.17) is 28.1 Å². The van der Waals surface area contributed by atoms with Gasteiger partial charge in [0.1, 0.15) is 12.6 Å². The van der Waals surface area contributed by atoms with E-state index in [1.54, 1.807) is 0 Å². The summed E-state index contributed by atoms with van der Waals surface area (Å²) in [4.78, 5) is 27.7. The second-order valence-corrected chi connectivity index (χ2v) is 18.7. The number of ether oxygens (including phenoxy) is 5. The molecule has 0 saturated carbocycles. The average Bonchev–Trinajstić information content (AvgIpc) is 3.42. The molecule has 2 N–H and O–H groups in total. The van der Waals surface area contributed by atoms with E-state index in [-0.39, 0.29) is 37.3 Å². The van der Waals surface area contributed by atoms with Crippen LogP contribution in [-0.2, 0) is 46.1 Å². The molecule has 2 heterocycles. The van der Waals surface area contributed by atoms with Crippen LogP contribution >= 0.6 is 0 Å². The van der Waals surface area contributed by atoms with Crippen molar-refractivity contribution in [2.75, 3.05) is 40.5 Å². The summed E-state index contributed by atoms with van der Waals surface area (Å²) >= 11 is 0. The van der Waals surface area contributed by atoms with Crippen molar-refractivity contribution < 1.29 is 42.8 Å². The lowest BCUT2D eigenvalue weighted by atomic mass is 9.86. The van der Waals surface area contributed by atoms with E-state index >= 15 is 0 Å². The Morgan fingerprint density at radius 3 is 2.17 bits per heavy atom. The van der Waals surface area contributed by atoms with Gasteiger partial charge in [0.15, 0.2) is 14.6 Å². The molecule has 0 aromatic heterocycles. The molecule has 0 aliphatic carbocycles. The van der Waals surface area contributed by atoms with Crippen molar-refractivity contribution in [1.29, 1.82) is 0 Å². The normalized spacial score (nSPS) is 26.9. The van der Waals surface area contributed by atoms with Crippen molar-refractivity contribution in [1.82, 2.24) is 10.2 Å². The topological polar surface area (TPSA) is 125 Å². The molecule has 2 aromatic carbocycles. The number of nitrogens with one attached hydrogen (secondary N) is 1. The molecule has 12 heteroatoms. The molecule has 0 unspecified atom stereocenters. The van der Waals surface area contributed by atoms with Gasteiger partial charge in [0.25, 0.3) is 0 Å². The Balaban J connectivity index is 1.64. The van der Waals surface area contributed by atoms with Crippen LogP contribution in [0.5, 0.6) is 0 Å². The van der Waals surface area contributed by atoms with Crippen LogP contribution < -0.4 is 5.32 Å². The molecule has 2 fully saturated rings. The Morgan fingerprint density at radius 1 is 0.979 bits per heavy atom. The predicted molar refractivity (Wildman–Crippen MR) is 179 cm³/mol. The van der Waals surface area contributed by atoms with Gasteiger partial charge in [0.05, 0.1) is 44.6 Å². The summed E-state index contributed by atoms with van der Waals surface area (Å²) in [6.45, 7) is 12.6. The molecular formula is C35H52N2O9Si. The van der Waals surface area contributed by atoms with Crippen LogP contribution in [-0.4, -0.2) is 101 Å². The number of carbonyl (C=O) groups excluding carboxylic acids is 2. The Hall–Kier alpha value is -2.84. The van der Waals surface area contributed by atoms with Crippen LogP contribution in [0.3, 0.4) is 0 Å². The highest BCUT2D eigenvalue weighted by molar-refractivity contribution is 6.74. The summed E-state index contributed by atoms with van der Waals surface area (Å²) in [6.07, 6.45) is -3.46. The number of amides is 1. The highest BCUT2D eigenvalue weighted by atomic mass is 28.4. The summed E-state index contributed by atoms with van der Waals surface area (Å²) in [5.74, 6) is -1.46. The van der Waals surface area contributed by atoms with Crippen LogP contribution in [0.25, 0.3) is 0 Å². The van der Waals surface area contributed by atoms with Crippen molar-refractivity contribution in [2.45, 2.75) is 82.8 Å². The molecule has 11 nitrogen and oxygen atoms in total. The number of alkyl carbamates (subject to hydrolysis) is 1. The number of aliphatic hydroxyl groups is 1. The molecule has 2 aliphatic rings. The minimum atomic E-state index is -2.18. The predicted octanol–water partition coefficient (Wildman–Crippen LogP) is 4.34. The molecule has 0 bridgehead atoms. The van der Waals surface area contributed by atoms with E-state index in [0.717, 1.165) is 11.1 Å². The molecular weight excluding hydrogens is 620 g/mol. The molecule has 0 radical (unpaired) electrons. The second kappa shape index (κ2) is 16.5. The van der Waals surface area contributed by atoms with Crippen molar-refractivity contribution in [2.24, 2.45) is 11.8 Å². The number of hydrogen-bond donors (Lipinski definition) is 2. The quantitative estimate of drug-likeness (QED) is 0.235. The van der Waals surface area contributed by atoms with Gasteiger partial charge >= 0.3 is 12.1 Å². The maximum Gasteiger partial charge on any atom is 0.407 e. The van der Waals surface area contributed by atoms with E-state index < -0.39 is 56.9 Å². The number of esters is 1. The molecule has 260 valence electrons. The van der Waals surface area contributed by atoms with E-state index in [9.17, 15) is 14.7 Å². The summed E-state index contributed by atoms with van der Waals surface area (Å²) in [5.41, 5.74) is 1.82. The van der Waals surface area contributed by atoms with Crippen molar-refractivity contribution in [3.05, 3.63) is 71.8 Å². The molecule has 2 saturated heterocycles. The number of carbonyl (C=O) groups is 2. The molecule has 47 heavy (non-hydrogen) atoms. The third-order valence-corrected chi connectivity index (χ3v) is 14.1. The molecule has 2 aliphatic heterocycles. The molecule has 4 rings (SSSR count). The van der Waals surface area contributed by atoms with Gasteiger partial charge in [-0.2, -0.15) is 0 Å². The smallest absolute Gasteiger partial charge is 0.407 e. The average molecular weight is 673 g/mol. The van der Waals surface area contributed by atoms with Crippen molar-refractivity contribution in [3.63, 3.8) is 0 Å². The lowest BCUT2D eigenvalue weighted by Crippen LogP contribution is -2.65. The fraction of sp³-hybridized carbons (Fsp3) is 0.600. The molecule has 1 amide bonds. The van der Waals surface area contributed by atoms with Crippen LogP contribution in [0.1, 0.15) is 31.9 Å². The van der Waals surface area contributed by atoms with Crippen molar-refractivity contribution >= 4 is 20.4 Å². The third-order valence-electron chi connectivity index (χ3n) is 9.62. The zero-order chi connectivity index (χ0) is 34.2. The zero-order valence-corrected chi connectivity index (χ0v) is 29.7. The van der Waals surface area contributed by atoms with Gasteiger partial charge in [-0.3, -0.25) is 9.69 Å². The van der Waals surface area contributed by atoms with Gasteiger partial charge in [-0.25, -0.2) is 4.79 Å². The van der Waals surface area contributed by atoms with Gasteiger partial charge in [-0.05, 0) is 29.3 Å². The highest BCUT2D eigenvalue weighted by Crippen LogP contribution is 2.38. The summed E-state index contributed by atoms with van der Waals surface area (Å²) in [7, 11) is 0.678. The van der Waals surface area contributed by atoms with Crippen LogP contribution in [0, 0.1) is 11.8 Å². The Bertz CT molecular complexity index is 1280. The van der Waals surface area contributed by atoms with E-state index in [1.807, 2.05) is 65.6 Å². The Kier molecular flexibility index (Phi) is 13.0. The minimum Gasteiger partial charge on any atom is -0.469 e. The SMILES string of the molecule is COC(=O)[C@H]1CN(C[C@H]2[C@H](OCc3ccccc3)[C@@H](NC(=O)OCc3ccccc3)[C@@H](OC)O[C@@H]2CO[Si](C)(C)C(C)(C)C)C[C@@H]1O. The van der Waals surface area contributed by atoms with Gasteiger partial charge in [0.2, 0.25) is 0 Å². The van der Waals surface area contributed by atoms with Crippen molar-refractivity contribution in [3.8, 4) is 0 Å². The number of β-amino-alcohol motifs (C(OH)–C–C–N with tert-alkyl or cyclic N) is 1. The number of rotatable bonds is 13. The highest BCUT2D eigenvalue weighted by Gasteiger charge is 2.50. The lowest BCUT2D eigenvalue weighted by Gasteiger charge is -2.48. The minimum absolute atomic E-state index is 0.0273. The first-order chi connectivity index (χ1) is 22.3. The maximum atomic E-state index is 13.2. The zero-order valence-electron chi connectivity index (χ0n) is 28.7. The first-order valence-electron chi connectivity index (χ1n) is 16.3. The van der Waals surface area contributed by atoms with E-state index in [0.29, 0.717) is 13.1 Å². The largest absolute Gasteiger partial charge is 0.469 e. The first kappa shape index (κ1) is 37.0. The number of nitrogens with zero attached hydrogens (tertiary/aromatic N) is 1.